The van der Waals surface area contributed by atoms with Crippen molar-refractivity contribution < 1.29 is 27.9 Å². The number of amidine groups is 1. The normalized spacial score (nSPS) is 18.8. The van der Waals surface area contributed by atoms with Gasteiger partial charge in [-0.15, -0.1) is 0 Å². The number of fused-ring (bicyclic) bond motifs is 2. The van der Waals surface area contributed by atoms with Crippen LogP contribution in [0.15, 0.2) is 52.2 Å². The Morgan fingerprint density at radius 2 is 1.93 bits per heavy atom. The highest BCUT2D eigenvalue weighted by atomic mass is 19.1. The van der Waals surface area contributed by atoms with Gasteiger partial charge in [-0.25, -0.2) is 14.2 Å². The van der Waals surface area contributed by atoms with Crippen LogP contribution in [0.2, 0.25) is 0 Å². The lowest BCUT2D eigenvalue weighted by Crippen LogP contribution is -2.45. The van der Waals surface area contributed by atoms with Crippen molar-refractivity contribution in [2.24, 2.45) is 4.99 Å². The van der Waals surface area contributed by atoms with Crippen LogP contribution in [-0.4, -0.2) is 72.1 Å². The Hall–Kier alpha value is -4.98. The lowest BCUT2D eigenvalue weighted by Gasteiger charge is -2.35. The number of carbonyl (C=O) groups is 3. The van der Waals surface area contributed by atoms with E-state index in [1.165, 1.54) is 12.0 Å². The van der Waals surface area contributed by atoms with Gasteiger partial charge in [0.05, 0.1) is 24.6 Å². The van der Waals surface area contributed by atoms with E-state index in [0.29, 0.717) is 36.2 Å². The molecule has 4 aliphatic rings. The van der Waals surface area contributed by atoms with Crippen LogP contribution in [0.3, 0.4) is 0 Å². The van der Waals surface area contributed by atoms with Crippen molar-refractivity contribution in [2.75, 3.05) is 32.1 Å². The number of anilines is 1. The maximum absolute atomic E-state index is 13.6. The van der Waals surface area contributed by atoms with Crippen molar-refractivity contribution >= 4 is 35.1 Å². The van der Waals surface area contributed by atoms with Crippen LogP contribution in [0, 0.1) is 5.82 Å². The fourth-order valence-electron chi connectivity index (χ4n) is 5.61. The summed E-state index contributed by atoms with van der Waals surface area (Å²) in [5.74, 6) is 0.701. The maximum atomic E-state index is 13.6. The zero-order valence-electron chi connectivity index (χ0n) is 25.6. The van der Waals surface area contributed by atoms with Gasteiger partial charge in [0.2, 0.25) is 0 Å². The topological polar surface area (TPSA) is 157 Å². The van der Waals surface area contributed by atoms with E-state index >= 15 is 0 Å². The van der Waals surface area contributed by atoms with Gasteiger partial charge in [0.1, 0.15) is 23.0 Å². The molecule has 238 valence electrons. The Bertz CT molecular complexity index is 1610. The van der Waals surface area contributed by atoms with Crippen LogP contribution in [0.5, 0.6) is 5.75 Å². The summed E-state index contributed by atoms with van der Waals surface area (Å²) in [5.41, 5.74) is 2.48. The molecule has 4 aliphatic heterocycles. The van der Waals surface area contributed by atoms with Crippen molar-refractivity contribution in [3.05, 3.63) is 71.2 Å². The Kier molecular flexibility index (Phi) is 9.62. The molecule has 0 spiro atoms. The number of ether oxygens (including phenoxy) is 1. The number of carbonyl (C=O) groups excluding carboxylic acids is 3. The molecule has 0 radical (unpaired) electrons. The number of aromatic nitrogens is 2. The van der Waals surface area contributed by atoms with Crippen molar-refractivity contribution in [1.82, 2.24) is 31.0 Å². The van der Waals surface area contributed by atoms with Crippen LogP contribution in [-0.2, 0) is 17.8 Å². The molecule has 3 aromatic rings. The largest absolute Gasteiger partial charge is 0.494 e. The number of hydrogen-bond acceptors (Lipinski definition) is 9. The summed E-state index contributed by atoms with van der Waals surface area (Å²) in [5, 5.41) is 15.2. The zero-order chi connectivity index (χ0) is 32.1. The predicted octanol–water partition coefficient (Wildman–Crippen LogP) is 3.73. The number of H-pyrrole nitrogens is 1. The molecule has 1 atom stereocenters. The third-order valence-corrected chi connectivity index (χ3v) is 7.73. The fourth-order valence-corrected chi connectivity index (χ4v) is 5.61. The Morgan fingerprint density at radius 1 is 1.16 bits per heavy atom. The SMILES string of the molecule is CC.COc1ccc2c(c1F)C(=O)N(C)C2.O=C1NC(=O)C(c2cc3c(o2)CC=CC(N(c2cn[nH]c2)C2CCNCC2)=N3)N1. The molecular formula is C31H37FN8O5. The molecule has 7 rings (SSSR count). The van der Waals surface area contributed by atoms with Gasteiger partial charge in [-0.05, 0) is 43.6 Å². The van der Waals surface area contributed by atoms with E-state index in [4.69, 9.17) is 14.1 Å². The van der Waals surface area contributed by atoms with Gasteiger partial charge >= 0.3 is 6.03 Å². The number of amides is 4. The van der Waals surface area contributed by atoms with Gasteiger partial charge in [0.25, 0.3) is 11.8 Å². The molecular weight excluding hydrogens is 583 g/mol. The highest BCUT2D eigenvalue weighted by Crippen LogP contribution is 2.33. The second kappa shape index (κ2) is 13.8. The smallest absolute Gasteiger partial charge is 0.322 e. The number of nitrogens with one attached hydrogen (secondary N) is 4. The quantitative estimate of drug-likeness (QED) is 0.322. The predicted molar refractivity (Wildman–Crippen MR) is 165 cm³/mol. The number of allylic oxidation sites excluding steroid dienone is 1. The van der Waals surface area contributed by atoms with Gasteiger partial charge < -0.3 is 29.6 Å². The van der Waals surface area contributed by atoms with E-state index in [9.17, 15) is 18.8 Å². The molecule has 13 nitrogen and oxygen atoms in total. The third kappa shape index (κ3) is 6.45. The van der Waals surface area contributed by atoms with E-state index in [1.807, 2.05) is 32.2 Å². The summed E-state index contributed by atoms with van der Waals surface area (Å²) in [7, 11) is 3.03. The second-order valence-corrected chi connectivity index (χ2v) is 10.5. The number of imide groups is 1. The summed E-state index contributed by atoms with van der Waals surface area (Å²) < 4.78 is 24.3. The third-order valence-electron chi connectivity index (χ3n) is 7.73. The van der Waals surface area contributed by atoms with Crippen LogP contribution in [0.4, 0.5) is 20.6 Å². The van der Waals surface area contributed by atoms with Crippen LogP contribution < -0.4 is 25.6 Å². The Balaban J connectivity index is 0.000000210. The summed E-state index contributed by atoms with van der Waals surface area (Å²) in [6.45, 7) is 6.37. The average Bonchev–Trinajstić information content (AvgIpc) is 3.82. The average molecular weight is 621 g/mol. The molecule has 2 aromatic heterocycles. The number of benzene rings is 1. The minimum atomic E-state index is -0.827. The second-order valence-electron chi connectivity index (χ2n) is 10.5. The van der Waals surface area contributed by atoms with E-state index in [1.54, 1.807) is 31.4 Å². The number of rotatable bonds is 4. The lowest BCUT2D eigenvalue weighted by atomic mass is 10.0. The first-order chi connectivity index (χ1) is 21.8. The van der Waals surface area contributed by atoms with Gasteiger partial charge in [0.15, 0.2) is 17.6 Å². The molecule has 4 N–H and O–H groups in total. The fraction of sp³-hybridized carbons (Fsp3) is 0.387. The van der Waals surface area contributed by atoms with E-state index in [2.05, 4.69) is 31.0 Å². The van der Waals surface area contributed by atoms with Crippen molar-refractivity contribution in [3.8, 4) is 5.75 Å². The van der Waals surface area contributed by atoms with Gasteiger partial charge in [0, 0.05) is 38.3 Å². The highest BCUT2D eigenvalue weighted by molar-refractivity contribution is 6.08. The van der Waals surface area contributed by atoms with E-state index in [0.717, 1.165) is 43.0 Å². The highest BCUT2D eigenvalue weighted by Gasteiger charge is 2.35. The molecule has 6 heterocycles. The summed E-state index contributed by atoms with van der Waals surface area (Å²) in [4.78, 5) is 43.5. The number of piperidine rings is 1. The van der Waals surface area contributed by atoms with Crippen molar-refractivity contribution in [1.29, 1.82) is 0 Å². The van der Waals surface area contributed by atoms with Gasteiger partial charge in [-0.1, -0.05) is 26.0 Å². The summed E-state index contributed by atoms with van der Waals surface area (Å²) in [6, 6.07) is 3.94. The van der Waals surface area contributed by atoms with Crippen LogP contribution in [0.25, 0.3) is 0 Å². The maximum Gasteiger partial charge on any atom is 0.322 e. The number of nitrogens with zero attached hydrogens (tertiary/aromatic N) is 4. The number of methoxy groups -OCH3 is 1. The minimum Gasteiger partial charge on any atom is -0.494 e. The number of urea groups is 1. The van der Waals surface area contributed by atoms with Crippen molar-refractivity contribution in [3.63, 3.8) is 0 Å². The van der Waals surface area contributed by atoms with E-state index in [-0.39, 0.29) is 17.2 Å². The summed E-state index contributed by atoms with van der Waals surface area (Å²) in [6.07, 6.45) is 10.2. The monoisotopic (exact) mass is 620 g/mol. The molecule has 4 amide bonds. The zero-order valence-corrected chi connectivity index (χ0v) is 25.6. The van der Waals surface area contributed by atoms with E-state index < -0.39 is 23.8 Å². The molecule has 0 bridgehead atoms. The van der Waals surface area contributed by atoms with Gasteiger partial charge in [-0.2, -0.15) is 5.10 Å². The van der Waals surface area contributed by atoms with Crippen LogP contribution >= 0.6 is 0 Å². The van der Waals surface area contributed by atoms with Crippen LogP contribution in [0.1, 0.15) is 60.2 Å². The van der Waals surface area contributed by atoms with Crippen molar-refractivity contribution in [2.45, 2.75) is 51.7 Å². The molecule has 0 aliphatic carbocycles. The van der Waals surface area contributed by atoms with Gasteiger partial charge in [-0.3, -0.25) is 20.0 Å². The molecule has 14 heteroatoms. The number of furan rings is 1. The number of aromatic amines is 1. The minimum absolute atomic E-state index is 0.118. The number of halogens is 1. The molecule has 1 aromatic carbocycles. The summed E-state index contributed by atoms with van der Waals surface area (Å²) >= 11 is 0. The molecule has 0 saturated carbocycles. The first-order valence-corrected chi connectivity index (χ1v) is 14.9. The molecule has 2 fully saturated rings. The molecule has 2 saturated heterocycles. The standard InChI is InChI=1S/C19H21N7O3.C10H10FNO2.C2H6/c27-18-17(24-19(28)25-18)15-8-13-14(29-15)2-1-3-16(23-13)26(12-9-21-22-10-12)11-4-6-20-7-5-11;1-12-5-6-3-4-7(14-2)9(11)8(6)10(12)13;1-2/h1,3,8-11,17,20H,2,4-7H2,(H,21,22)(H2,24,25,27,28);3-4H,5H2,1-2H3;1-2H3. The Labute approximate surface area is 259 Å². The number of hydrogen-bond donors (Lipinski definition) is 4. The Morgan fingerprint density at radius 3 is 2.60 bits per heavy atom. The molecule has 45 heavy (non-hydrogen) atoms. The lowest BCUT2D eigenvalue weighted by molar-refractivity contribution is -0.120. The number of aliphatic imine (C=N–C) groups is 1. The first-order valence-electron chi connectivity index (χ1n) is 14.9. The first kappa shape index (κ1) is 31.4. The molecule has 1 unspecified atom stereocenters.